The van der Waals surface area contributed by atoms with Gasteiger partial charge in [0.1, 0.15) is 18.2 Å². The maximum Gasteiger partial charge on any atom is 0.258 e. The van der Waals surface area contributed by atoms with Crippen LogP contribution in [0.25, 0.3) is 0 Å². The molecule has 2 aromatic rings. The Bertz CT molecular complexity index is 758. The Labute approximate surface area is 145 Å². The second kappa shape index (κ2) is 6.43. The number of fused-ring (bicyclic) bond motifs is 1. The van der Waals surface area contributed by atoms with Crippen LogP contribution in [0.1, 0.15) is 46.4 Å². The topological polar surface area (TPSA) is 51.7 Å². The Balaban J connectivity index is 1.67. The highest BCUT2D eigenvalue weighted by Crippen LogP contribution is 2.38. The monoisotopic (exact) mass is 344 g/mol. The number of likely N-dealkylation sites (tertiary alicyclic amines) is 1. The molecule has 1 atom stereocenters. The summed E-state index contributed by atoms with van der Waals surface area (Å²) in [6, 6.07) is 5.59. The van der Waals surface area contributed by atoms with E-state index < -0.39 is 0 Å². The van der Waals surface area contributed by atoms with Crippen LogP contribution in [-0.2, 0) is 0 Å². The SMILES string of the molecule is Cc1csc([C@@H]2CCCCN2C(=O)c2cccc3c2OCCO3)n1. The Kier molecular flexibility index (Phi) is 4.14. The van der Waals surface area contributed by atoms with Crippen molar-refractivity contribution < 1.29 is 14.3 Å². The van der Waals surface area contributed by atoms with Gasteiger partial charge < -0.3 is 14.4 Å². The highest BCUT2D eigenvalue weighted by molar-refractivity contribution is 7.09. The van der Waals surface area contributed by atoms with E-state index in [9.17, 15) is 4.79 Å². The zero-order chi connectivity index (χ0) is 16.5. The first-order valence-electron chi connectivity index (χ1n) is 8.35. The van der Waals surface area contributed by atoms with Gasteiger partial charge in [0, 0.05) is 17.6 Å². The fourth-order valence-electron chi connectivity index (χ4n) is 3.35. The lowest BCUT2D eigenvalue weighted by Gasteiger charge is -2.35. The molecule has 2 aliphatic rings. The van der Waals surface area contributed by atoms with Gasteiger partial charge in [0.15, 0.2) is 11.5 Å². The van der Waals surface area contributed by atoms with Crippen molar-refractivity contribution in [2.24, 2.45) is 0 Å². The summed E-state index contributed by atoms with van der Waals surface area (Å²) in [5, 5.41) is 3.08. The lowest BCUT2D eigenvalue weighted by atomic mass is 10.0. The van der Waals surface area contributed by atoms with E-state index in [1.54, 1.807) is 11.3 Å². The normalized spacial score (nSPS) is 20.0. The summed E-state index contributed by atoms with van der Waals surface area (Å²) in [5.41, 5.74) is 1.61. The predicted octanol–water partition coefficient (Wildman–Crippen LogP) is 3.59. The summed E-state index contributed by atoms with van der Waals surface area (Å²) >= 11 is 1.64. The number of amides is 1. The number of carbonyl (C=O) groups is 1. The molecular weight excluding hydrogens is 324 g/mol. The molecule has 5 nitrogen and oxygen atoms in total. The van der Waals surface area contributed by atoms with E-state index in [-0.39, 0.29) is 11.9 Å². The van der Waals surface area contributed by atoms with Gasteiger partial charge in [-0.2, -0.15) is 0 Å². The standard InChI is InChI=1S/C18H20N2O3S/c1-12-11-24-17(19-12)14-6-2-3-8-20(14)18(21)13-5-4-7-15-16(13)23-10-9-22-15/h4-5,7,11,14H,2-3,6,8-10H2,1H3/t14-/m0/s1. The van der Waals surface area contributed by atoms with Gasteiger partial charge in [-0.05, 0) is 38.3 Å². The molecule has 1 saturated heterocycles. The molecular formula is C18H20N2O3S. The van der Waals surface area contributed by atoms with Crippen molar-refractivity contribution in [1.29, 1.82) is 0 Å². The average Bonchev–Trinajstić information content (AvgIpc) is 3.07. The molecule has 0 aliphatic carbocycles. The number of benzene rings is 1. The number of thiazole rings is 1. The molecule has 2 aliphatic heterocycles. The number of nitrogens with zero attached hydrogens (tertiary/aromatic N) is 2. The summed E-state index contributed by atoms with van der Waals surface area (Å²) in [4.78, 5) is 19.8. The van der Waals surface area contributed by atoms with Gasteiger partial charge in [-0.3, -0.25) is 4.79 Å². The number of ether oxygens (including phenoxy) is 2. The second-order valence-corrected chi connectivity index (χ2v) is 7.06. The summed E-state index contributed by atoms with van der Waals surface area (Å²) in [5.74, 6) is 1.24. The molecule has 1 fully saturated rings. The van der Waals surface area contributed by atoms with E-state index >= 15 is 0 Å². The lowest BCUT2D eigenvalue weighted by Crippen LogP contribution is -2.39. The smallest absolute Gasteiger partial charge is 0.258 e. The average molecular weight is 344 g/mol. The minimum atomic E-state index is 0.00917. The van der Waals surface area contributed by atoms with Gasteiger partial charge in [-0.25, -0.2) is 4.98 Å². The van der Waals surface area contributed by atoms with Crippen LogP contribution in [0.15, 0.2) is 23.6 Å². The molecule has 0 spiro atoms. The molecule has 126 valence electrons. The van der Waals surface area contributed by atoms with E-state index in [1.807, 2.05) is 35.4 Å². The van der Waals surface area contributed by atoms with Gasteiger partial charge in [0.25, 0.3) is 5.91 Å². The summed E-state index contributed by atoms with van der Waals surface area (Å²) < 4.78 is 11.3. The minimum Gasteiger partial charge on any atom is -0.486 e. The van der Waals surface area contributed by atoms with Gasteiger partial charge in [0.2, 0.25) is 0 Å². The number of para-hydroxylation sites is 1. The maximum absolute atomic E-state index is 13.2. The number of hydrogen-bond acceptors (Lipinski definition) is 5. The third-order valence-corrected chi connectivity index (χ3v) is 5.55. The van der Waals surface area contributed by atoms with E-state index in [0.717, 1.165) is 36.5 Å². The van der Waals surface area contributed by atoms with Crippen molar-refractivity contribution in [1.82, 2.24) is 9.88 Å². The van der Waals surface area contributed by atoms with Crippen LogP contribution in [0.2, 0.25) is 0 Å². The van der Waals surface area contributed by atoms with Crippen LogP contribution in [0.3, 0.4) is 0 Å². The zero-order valence-corrected chi connectivity index (χ0v) is 14.5. The Morgan fingerprint density at radius 2 is 2.17 bits per heavy atom. The van der Waals surface area contributed by atoms with E-state index in [1.165, 1.54) is 0 Å². The van der Waals surface area contributed by atoms with E-state index in [0.29, 0.717) is 30.3 Å². The maximum atomic E-state index is 13.2. The molecule has 0 saturated carbocycles. The van der Waals surface area contributed by atoms with Crippen LogP contribution < -0.4 is 9.47 Å². The van der Waals surface area contributed by atoms with Crippen LogP contribution in [0.4, 0.5) is 0 Å². The number of piperidine rings is 1. The van der Waals surface area contributed by atoms with Crippen molar-refractivity contribution in [2.45, 2.75) is 32.2 Å². The van der Waals surface area contributed by atoms with Gasteiger partial charge in [-0.15, -0.1) is 11.3 Å². The molecule has 1 amide bonds. The highest BCUT2D eigenvalue weighted by atomic mass is 32.1. The van der Waals surface area contributed by atoms with Crippen LogP contribution in [-0.4, -0.2) is 35.5 Å². The fourth-order valence-corrected chi connectivity index (χ4v) is 4.30. The van der Waals surface area contributed by atoms with E-state index in [2.05, 4.69) is 4.98 Å². The van der Waals surface area contributed by atoms with E-state index in [4.69, 9.17) is 9.47 Å². The Morgan fingerprint density at radius 1 is 1.29 bits per heavy atom. The number of aryl methyl sites for hydroxylation is 1. The fraction of sp³-hybridized carbons (Fsp3) is 0.444. The molecule has 3 heterocycles. The van der Waals surface area contributed by atoms with Crippen molar-refractivity contribution in [2.75, 3.05) is 19.8 Å². The van der Waals surface area contributed by atoms with Crippen LogP contribution in [0.5, 0.6) is 11.5 Å². The zero-order valence-electron chi connectivity index (χ0n) is 13.7. The first kappa shape index (κ1) is 15.4. The minimum absolute atomic E-state index is 0.00917. The number of hydrogen-bond donors (Lipinski definition) is 0. The molecule has 1 aromatic carbocycles. The molecule has 6 heteroatoms. The Morgan fingerprint density at radius 3 is 3.00 bits per heavy atom. The largest absolute Gasteiger partial charge is 0.486 e. The number of rotatable bonds is 2. The van der Waals surface area contributed by atoms with Crippen molar-refractivity contribution in [3.05, 3.63) is 39.8 Å². The van der Waals surface area contributed by atoms with Crippen molar-refractivity contribution in [3.63, 3.8) is 0 Å². The third kappa shape index (κ3) is 2.75. The van der Waals surface area contributed by atoms with Gasteiger partial charge in [-0.1, -0.05) is 6.07 Å². The van der Waals surface area contributed by atoms with Crippen LogP contribution >= 0.6 is 11.3 Å². The molecule has 0 N–H and O–H groups in total. The molecule has 24 heavy (non-hydrogen) atoms. The lowest BCUT2D eigenvalue weighted by molar-refractivity contribution is 0.0601. The van der Waals surface area contributed by atoms with Gasteiger partial charge in [0.05, 0.1) is 11.6 Å². The summed E-state index contributed by atoms with van der Waals surface area (Å²) in [6.45, 7) is 3.75. The summed E-state index contributed by atoms with van der Waals surface area (Å²) in [6.07, 6.45) is 3.11. The van der Waals surface area contributed by atoms with Gasteiger partial charge >= 0.3 is 0 Å². The number of carbonyl (C=O) groups excluding carboxylic acids is 1. The second-order valence-electron chi connectivity index (χ2n) is 6.17. The first-order chi connectivity index (χ1) is 11.7. The predicted molar refractivity (Wildman–Crippen MR) is 91.9 cm³/mol. The third-order valence-electron chi connectivity index (χ3n) is 4.48. The molecule has 1 aromatic heterocycles. The molecule has 0 bridgehead atoms. The summed E-state index contributed by atoms with van der Waals surface area (Å²) in [7, 11) is 0. The Hall–Kier alpha value is -2.08. The highest BCUT2D eigenvalue weighted by Gasteiger charge is 2.33. The first-order valence-corrected chi connectivity index (χ1v) is 9.23. The van der Waals surface area contributed by atoms with Crippen molar-refractivity contribution in [3.8, 4) is 11.5 Å². The molecule has 0 unspecified atom stereocenters. The molecule has 0 radical (unpaired) electrons. The molecule has 4 rings (SSSR count). The quantitative estimate of drug-likeness (QED) is 0.835. The van der Waals surface area contributed by atoms with Crippen molar-refractivity contribution >= 4 is 17.2 Å². The van der Waals surface area contributed by atoms with Crippen LogP contribution in [0, 0.1) is 6.92 Å². The number of aromatic nitrogens is 1.